The Bertz CT molecular complexity index is 280. The Balaban J connectivity index is 2.63. The van der Waals surface area contributed by atoms with Gasteiger partial charge in [0.15, 0.2) is 0 Å². The van der Waals surface area contributed by atoms with Gasteiger partial charge in [0.2, 0.25) is 0 Å². The maximum absolute atomic E-state index is 4.22. The van der Waals surface area contributed by atoms with E-state index in [2.05, 4.69) is 35.6 Å². The second kappa shape index (κ2) is 5.91. The summed E-state index contributed by atoms with van der Waals surface area (Å²) in [6.07, 6.45) is 6.37. The lowest BCUT2D eigenvalue weighted by Gasteiger charge is -2.19. The van der Waals surface area contributed by atoms with Crippen molar-refractivity contribution in [1.82, 2.24) is 14.9 Å². The largest absolute Gasteiger partial charge is 0.331 e. The number of nitrogens with one attached hydrogen (secondary N) is 1. The van der Waals surface area contributed by atoms with E-state index < -0.39 is 0 Å². The summed E-state index contributed by atoms with van der Waals surface area (Å²) in [5.41, 5.74) is 1.27. The molecule has 0 saturated carbocycles. The van der Waals surface area contributed by atoms with E-state index >= 15 is 0 Å². The topological polar surface area (TPSA) is 29.9 Å². The molecule has 2 unspecified atom stereocenters. The van der Waals surface area contributed by atoms with Gasteiger partial charge in [0, 0.05) is 18.8 Å². The maximum Gasteiger partial charge on any atom is 0.0951 e. The molecule has 1 aromatic rings. The molecule has 0 aliphatic heterocycles. The summed E-state index contributed by atoms with van der Waals surface area (Å²) in [4.78, 5) is 4.22. The SMILES string of the molecule is CCC(C)CC(C)n1cncc1CNC. The van der Waals surface area contributed by atoms with E-state index in [-0.39, 0.29) is 0 Å². The van der Waals surface area contributed by atoms with Gasteiger partial charge in [0.05, 0.1) is 12.0 Å². The lowest BCUT2D eigenvalue weighted by Crippen LogP contribution is -2.15. The summed E-state index contributed by atoms with van der Waals surface area (Å²) in [6, 6.07) is 0.547. The molecule has 15 heavy (non-hydrogen) atoms. The second-order valence-electron chi connectivity index (χ2n) is 4.42. The first-order chi connectivity index (χ1) is 7.19. The second-order valence-corrected chi connectivity index (χ2v) is 4.42. The molecule has 0 spiro atoms. The summed E-state index contributed by atoms with van der Waals surface area (Å²) in [6.45, 7) is 7.73. The van der Waals surface area contributed by atoms with Crippen LogP contribution in [0.2, 0.25) is 0 Å². The van der Waals surface area contributed by atoms with Crippen molar-refractivity contribution in [2.24, 2.45) is 5.92 Å². The van der Waals surface area contributed by atoms with Gasteiger partial charge < -0.3 is 9.88 Å². The van der Waals surface area contributed by atoms with Crippen molar-refractivity contribution in [2.45, 2.75) is 46.2 Å². The molecule has 0 aliphatic carbocycles. The van der Waals surface area contributed by atoms with Crippen molar-refractivity contribution in [3.05, 3.63) is 18.2 Å². The van der Waals surface area contributed by atoms with Crippen molar-refractivity contribution in [2.75, 3.05) is 7.05 Å². The number of nitrogens with zero attached hydrogens (tertiary/aromatic N) is 2. The molecule has 1 heterocycles. The minimum atomic E-state index is 0.547. The Labute approximate surface area is 92.9 Å². The van der Waals surface area contributed by atoms with E-state index in [0.717, 1.165) is 12.5 Å². The van der Waals surface area contributed by atoms with Gasteiger partial charge >= 0.3 is 0 Å². The van der Waals surface area contributed by atoms with Gasteiger partial charge in [-0.2, -0.15) is 0 Å². The third-order valence-electron chi connectivity index (χ3n) is 3.02. The van der Waals surface area contributed by atoms with Gasteiger partial charge in [-0.1, -0.05) is 20.3 Å². The molecule has 3 heteroatoms. The minimum absolute atomic E-state index is 0.547. The van der Waals surface area contributed by atoms with Crippen LogP contribution in [0.4, 0.5) is 0 Å². The summed E-state index contributed by atoms with van der Waals surface area (Å²) >= 11 is 0. The standard InChI is InChI=1S/C12H23N3/c1-5-10(2)6-11(3)15-9-14-8-12(15)7-13-4/h8-11,13H,5-7H2,1-4H3. The molecular weight excluding hydrogens is 186 g/mol. The highest BCUT2D eigenvalue weighted by atomic mass is 15.1. The lowest BCUT2D eigenvalue weighted by atomic mass is 10.0. The first kappa shape index (κ1) is 12.2. The zero-order valence-corrected chi connectivity index (χ0v) is 10.3. The molecule has 0 aliphatic rings. The molecular formula is C12H23N3. The van der Waals surface area contributed by atoms with Crippen LogP contribution in [-0.2, 0) is 6.54 Å². The summed E-state index contributed by atoms with van der Waals surface area (Å²) in [7, 11) is 1.97. The van der Waals surface area contributed by atoms with Crippen molar-refractivity contribution in [1.29, 1.82) is 0 Å². The van der Waals surface area contributed by atoms with Gasteiger partial charge in [-0.25, -0.2) is 4.98 Å². The van der Waals surface area contributed by atoms with Crippen molar-refractivity contribution >= 4 is 0 Å². The summed E-state index contributed by atoms with van der Waals surface area (Å²) < 4.78 is 2.28. The number of hydrogen-bond donors (Lipinski definition) is 1. The lowest BCUT2D eigenvalue weighted by molar-refractivity contribution is 0.390. The fourth-order valence-corrected chi connectivity index (χ4v) is 1.91. The van der Waals surface area contributed by atoms with Gasteiger partial charge in [0.1, 0.15) is 0 Å². The molecule has 1 aromatic heterocycles. The molecule has 0 radical (unpaired) electrons. The fourth-order valence-electron chi connectivity index (χ4n) is 1.91. The molecule has 0 fully saturated rings. The first-order valence-corrected chi connectivity index (χ1v) is 5.84. The summed E-state index contributed by atoms with van der Waals surface area (Å²) in [5, 5.41) is 3.17. The van der Waals surface area contributed by atoms with Gasteiger partial charge in [-0.15, -0.1) is 0 Å². The number of imidazole rings is 1. The third kappa shape index (κ3) is 3.34. The van der Waals surface area contributed by atoms with Crippen LogP contribution in [0, 0.1) is 5.92 Å². The third-order valence-corrected chi connectivity index (χ3v) is 3.02. The van der Waals surface area contributed by atoms with E-state index in [4.69, 9.17) is 0 Å². The molecule has 0 amide bonds. The van der Waals surface area contributed by atoms with E-state index in [1.54, 1.807) is 0 Å². The first-order valence-electron chi connectivity index (χ1n) is 5.84. The van der Waals surface area contributed by atoms with Gasteiger partial charge in [-0.05, 0) is 26.3 Å². The van der Waals surface area contributed by atoms with Gasteiger partial charge in [-0.3, -0.25) is 0 Å². The average Bonchev–Trinajstić information content (AvgIpc) is 2.66. The van der Waals surface area contributed by atoms with Crippen LogP contribution >= 0.6 is 0 Å². The Morgan fingerprint density at radius 1 is 1.47 bits per heavy atom. The van der Waals surface area contributed by atoms with E-state index in [9.17, 15) is 0 Å². The molecule has 3 nitrogen and oxygen atoms in total. The molecule has 2 atom stereocenters. The number of aromatic nitrogens is 2. The molecule has 0 aromatic carbocycles. The average molecular weight is 209 g/mol. The molecule has 1 rings (SSSR count). The molecule has 0 saturated heterocycles. The molecule has 1 N–H and O–H groups in total. The van der Waals surface area contributed by atoms with Crippen LogP contribution in [0.3, 0.4) is 0 Å². The van der Waals surface area contributed by atoms with Crippen LogP contribution in [0.5, 0.6) is 0 Å². The monoisotopic (exact) mass is 209 g/mol. The number of hydrogen-bond acceptors (Lipinski definition) is 2. The van der Waals surface area contributed by atoms with Crippen LogP contribution in [-0.4, -0.2) is 16.6 Å². The quantitative estimate of drug-likeness (QED) is 0.780. The van der Waals surface area contributed by atoms with Crippen molar-refractivity contribution < 1.29 is 0 Å². The smallest absolute Gasteiger partial charge is 0.0951 e. The van der Waals surface area contributed by atoms with Crippen LogP contribution in [0.1, 0.15) is 45.3 Å². The van der Waals surface area contributed by atoms with E-state index in [0.29, 0.717) is 6.04 Å². The Morgan fingerprint density at radius 2 is 2.20 bits per heavy atom. The van der Waals surface area contributed by atoms with Crippen LogP contribution in [0.15, 0.2) is 12.5 Å². The van der Waals surface area contributed by atoms with Crippen LogP contribution in [0.25, 0.3) is 0 Å². The van der Waals surface area contributed by atoms with Crippen molar-refractivity contribution in [3.8, 4) is 0 Å². The zero-order chi connectivity index (χ0) is 11.3. The minimum Gasteiger partial charge on any atom is -0.331 e. The van der Waals surface area contributed by atoms with E-state index in [1.165, 1.54) is 18.5 Å². The predicted octanol–water partition coefficient (Wildman–Crippen LogP) is 2.60. The van der Waals surface area contributed by atoms with Crippen molar-refractivity contribution in [3.63, 3.8) is 0 Å². The molecule has 86 valence electrons. The predicted molar refractivity (Wildman–Crippen MR) is 63.8 cm³/mol. The highest BCUT2D eigenvalue weighted by molar-refractivity contribution is 4.99. The van der Waals surface area contributed by atoms with Gasteiger partial charge in [0.25, 0.3) is 0 Å². The Hall–Kier alpha value is -0.830. The number of rotatable bonds is 6. The highest BCUT2D eigenvalue weighted by Gasteiger charge is 2.11. The fraction of sp³-hybridized carbons (Fsp3) is 0.750. The molecule has 0 bridgehead atoms. The highest BCUT2D eigenvalue weighted by Crippen LogP contribution is 2.20. The Morgan fingerprint density at radius 3 is 2.80 bits per heavy atom. The van der Waals surface area contributed by atoms with E-state index in [1.807, 2.05) is 19.6 Å². The zero-order valence-electron chi connectivity index (χ0n) is 10.3. The maximum atomic E-state index is 4.22. The normalized spacial score (nSPS) is 15.2. The van der Waals surface area contributed by atoms with Crippen LogP contribution < -0.4 is 5.32 Å². The Kier molecular flexibility index (Phi) is 4.82. The summed E-state index contributed by atoms with van der Waals surface area (Å²) in [5.74, 6) is 0.782.